The average Bonchev–Trinajstić information content (AvgIpc) is 2.53. The molecule has 0 unspecified atom stereocenters. The van der Waals surface area contributed by atoms with Crippen molar-refractivity contribution in [3.8, 4) is 5.75 Å². The second-order valence-electron chi connectivity index (χ2n) is 3.90. The summed E-state index contributed by atoms with van der Waals surface area (Å²) in [5, 5.41) is 0. The van der Waals surface area contributed by atoms with Gasteiger partial charge in [-0.15, -0.1) is 0 Å². The molecule has 0 N–H and O–H groups in total. The molecule has 0 spiro atoms. The lowest BCUT2D eigenvalue weighted by molar-refractivity contribution is -0.132. The van der Waals surface area contributed by atoms with Gasteiger partial charge in [0, 0.05) is 11.6 Å². The number of ether oxygens (including phenoxy) is 2. The lowest BCUT2D eigenvalue weighted by Gasteiger charge is -2.10. The molecule has 0 amide bonds. The molecule has 20 heavy (non-hydrogen) atoms. The van der Waals surface area contributed by atoms with Crippen LogP contribution in [0.2, 0.25) is 0 Å². The first-order chi connectivity index (χ1) is 9.79. The third kappa shape index (κ3) is 3.85. The van der Waals surface area contributed by atoms with Crippen molar-refractivity contribution in [1.82, 2.24) is 0 Å². The number of hydrogen-bond acceptors (Lipinski definition) is 3. The van der Waals surface area contributed by atoms with Gasteiger partial charge in [-0.1, -0.05) is 55.1 Å². The molecule has 0 aliphatic rings. The smallest absolute Gasteiger partial charge is 0.335 e. The van der Waals surface area contributed by atoms with Crippen molar-refractivity contribution in [1.29, 1.82) is 0 Å². The Bertz CT molecular complexity index is 601. The van der Waals surface area contributed by atoms with Crippen molar-refractivity contribution >= 4 is 11.7 Å². The summed E-state index contributed by atoms with van der Waals surface area (Å²) in [6.07, 6.45) is 2.38. The van der Waals surface area contributed by atoms with E-state index in [1.54, 1.807) is 0 Å². The lowest BCUT2D eigenvalue weighted by atomic mass is 10.2. The maximum atomic E-state index is 11.2. The topological polar surface area (TPSA) is 35.5 Å². The number of rotatable bonds is 5. The summed E-state index contributed by atoms with van der Waals surface area (Å²) in [5.74, 6) is 0.583. The van der Waals surface area contributed by atoms with Gasteiger partial charge in [-0.3, -0.25) is 0 Å². The van der Waals surface area contributed by atoms with Crippen LogP contribution in [0, 0.1) is 0 Å². The standard InChI is InChI=1S/C17H14O3/c1-2-17(18)19-13-16(14-9-5-3-6-10-14)20-15-11-7-4-8-12-15/h2-13H,1H2. The second-order valence-corrected chi connectivity index (χ2v) is 3.90. The summed E-state index contributed by atoms with van der Waals surface area (Å²) in [7, 11) is 0. The van der Waals surface area contributed by atoms with Crippen molar-refractivity contribution in [3.05, 3.63) is 85.1 Å². The van der Waals surface area contributed by atoms with Crippen molar-refractivity contribution in [3.63, 3.8) is 0 Å². The predicted octanol–water partition coefficient (Wildman–Crippen LogP) is 3.79. The number of carbonyl (C=O) groups is 1. The molecule has 0 saturated heterocycles. The first-order valence-corrected chi connectivity index (χ1v) is 6.11. The molecule has 100 valence electrons. The van der Waals surface area contributed by atoms with Gasteiger partial charge in [-0.25, -0.2) is 4.79 Å². The minimum absolute atomic E-state index is 0.451. The van der Waals surface area contributed by atoms with E-state index in [0.29, 0.717) is 11.5 Å². The Balaban J connectivity index is 2.25. The molecule has 3 nitrogen and oxygen atoms in total. The van der Waals surface area contributed by atoms with Gasteiger partial charge in [-0.2, -0.15) is 0 Å². The summed E-state index contributed by atoms with van der Waals surface area (Å²) in [4.78, 5) is 11.2. The van der Waals surface area contributed by atoms with Gasteiger partial charge in [0.25, 0.3) is 0 Å². The Morgan fingerprint density at radius 1 is 0.950 bits per heavy atom. The van der Waals surface area contributed by atoms with Crippen molar-refractivity contribution in [2.45, 2.75) is 0 Å². The molecule has 0 radical (unpaired) electrons. The van der Waals surface area contributed by atoms with Gasteiger partial charge in [-0.05, 0) is 12.1 Å². The van der Waals surface area contributed by atoms with Crippen LogP contribution in [0.1, 0.15) is 5.56 Å². The second kappa shape index (κ2) is 6.95. The van der Waals surface area contributed by atoms with Crippen molar-refractivity contribution < 1.29 is 14.3 Å². The van der Waals surface area contributed by atoms with E-state index in [9.17, 15) is 4.79 Å². The van der Waals surface area contributed by atoms with E-state index >= 15 is 0 Å². The molecule has 0 heterocycles. The lowest BCUT2D eigenvalue weighted by Crippen LogP contribution is -1.99. The number of carbonyl (C=O) groups excluding carboxylic acids is 1. The third-order valence-electron chi connectivity index (χ3n) is 2.48. The highest BCUT2D eigenvalue weighted by atomic mass is 16.5. The summed E-state index contributed by atoms with van der Waals surface area (Å²) in [6.45, 7) is 3.35. The summed E-state index contributed by atoms with van der Waals surface area (Å²) in [6, 6.07) is 18.7. The molecule has 0 bridgehead atoms. The molecular weight excluding hydrogens is 252 g/mol. The van der Waals surface area contributed by atoms with E-state index < -0.39 is 5.97 Å². The zero-order valence-electron chi connectivity index (χ0n) is 10.9. The van der Waals surface area contributed by atoms with Crippen LogP contribution in [0.5, 0.6) is 5.75 Å². The Morgan fingerprint density at radius 2 is 1.55 bits per heavy atom. The SMILES string of the molecule is C=CC(=O)OC=C(Oc1ccccc1)c1ccccc1. The van der Waals surface area contributed by atoms with Crippen LogP contribution in [0.4, 0.5) is 0 Å². The van der Waals surface area contributed by atoms with Gasteiger partial charge < -0.3 is 9.47 Å². The van der Waals surface area contributed by atoms with Crippen LogP contribution in [-0.4, -0.2) is 5.97 Å². The summed E-state index contributed by atoms with van der Waals surface area (Å²) in [5.41, 5.74) is 0.813. The van der Waals surface area contributed by atoms with Gasteiger partial charge in [0.1, 0.15) is 12.0 Å². The maximum Gasteiger partial charge on any atom is 0.335 e. The summed E-state index contributed by atoms with van der Waals surface area (Å²) >= 11 is 0. The fourth-order valence-corrected chi connectivity index (χ4v) is 1.53. The highest BCUT2D eigenvalue weighted by Crippen LogP contribution is 2.20. The monoisotopic (exact) mass is 266 g/mol. The normalized spacial score (nSPS) is 10.7. The average molecular weight is 266 g/mol. The van der Waals surface area contributed by atoms with Crippen LogP contribution >= 0.6 is 0 Å². The Kier molecular flexibility index (Phi) is 4.73. The Hall–Kier alpha value is -2.81. The Morgan fingerprint density at radius 3 is 2.15 bits per heavy atom. The molecule has 3 heteroatoms. The number of para-hydroxylation sites is 1. The molecule has 0 aliphatic heterocycles. The van der Waals surface area contributed by atoms with Gasteiger partial charge >= 0.3 is 5.97 Å². The molecule has 0 saturated carbocycles. The number of hydrogen-bond donors (Lipinski definition) is 0. The minimum atomic E-state index is -0.532. The minimum Gasteiger partial charge on any atom is -0.453 e. The largest absolute Gasteiger partial charge is 0.453 e. The van der Waals surface area contributed by atoms with E-state index in [4.69, 9.17) is 9.47 Å². The van der Waals surface area contributed by atoms with E-state index in [-0.39, 0.29) is 0 Å². The van der Waals surface area contributed by atoms with Gasteiger partial charge in [0.2, 0.25) is 0 Å². The molecule has 0 aliphatic carbocycles. The van der Waals surface area contributed by atoms with E-state index in [1.165, 1.54) is 6.26 Å². The molecule has 0 atom stereocenters. The van der Waals surface area contributed by atoms with Crippen molar-refractivity contribution in [2.24, 2.45) is 0 Å². The molecular formula is C17H14O3. The number of esters is 1. The first kappa shape index (κ1) is 13.6. The van der Waals surface area contributed by atoms with Crippen molar-refractivity contribution in [2.75, 3.05) is 0 Å². The highest BCUT2D eigenvalue weighted by molar-refractivity contribution is 5.82. The molecule has 2 rings (SSSR count). The van der Waals surface area contributed by atoms with Gasteiger partial charge in [0.05, 0.1) is 0 Å². The zero-order valence-corrected chi connectivity index (χ0v) is 10.9. The fourth-order valence-electron chi connectivity index (χ4n) is 1.53. The molecule has 0 fully saturated rings. The third-order valence-corrected chi connectivity index (χ3v) is 2.48. The van der Waals surface area contributed by atoms with Crippen LogP contribution in [0.15, 0.2) is 79.6 Å². The fraction of sp³-hybridized carbons (Fsp3) is 0. The van der Waals surface area contributed by atoms with Crippen LogP contribution in [0.3, 0.4) is 0 Å². The van der Waals surface area contributed by atoms with Crippen LogP contribution < -0.4 is 4.74 Å². The maximum absolute atomic E-state index is 11.2. The zero-order chi connectivity index (χ0) is 14.2. The van der Waals surface area contributed by atoms with Crippen LogP contribution in [0.25, 0.3) is 5.76 Å². The molecule has 0 aromatic heterocycles. The van der Waals surface area contributed by atoms with Gasteiger partial charge in [0.15, 0.2) is 5.76 Å². The molecule has 2 aromatic carbocycles. The number of benzene rings is 2. The summed E-state index contributed by atoms with van der Waals surface area (Å²) < 4.78 is 10.7. The molecule has 2 aromatic rings. The Labute approximate surface area is 117 Å². The van der Waals surface area contributed by atoms with E-state index in [1.807, 2.05) is 60.7 Å². The predicted molar refractivity (Wildman–Crippen MR) is 77.8 cm³/mol. The first-order valence-electron chi connectivity index (χ1n) is 6.11. The highest BCUT2D eigenvalue weighted by Gasteiger charge is 2.06. The van der Waals surface area contributed by atoms with E-state index in [2.05, 4.69) is 6.58 Å². The van der Waals surface area contributed by atoms with Crippen LogP contribution in [-0.2, 0) is 9.53 Å². The quantitative estimate of drug-likeness (QED) is 0.469. The van der Waals surface area contributed by atoms with E-state index in [0.717, 1.165) is 11.6 Å².